The van der Waals surface area contributed by atoms with E-state index >= 15 is 0 Å². The van der Waals surface area contributed by atoms with Gasteiger partial charge in [-0.25, -0.2) is 0 Å². The second-order valence-corrected chi connectivity index (χ2v) is 11.6. The van der Waals surface area contributed by atoms with Crippen molar-refractivity contribution in [2.24, 2.45) is 5.73 Å². The molecule has 0 spiro atoms. The Kier molecular flexibility index (Phi) is 11.7. The molecule has 43 heavy (non-hydrogen) atoms. The maximum atomic E-state index is 13.1. The van der Waals surface area contributed by atoms with E-state index in [1.165, 1.54) is 18.1 Å². The van der Waals surface area contributed by atoms with Crippen molar-refractivity contribution < 1.29 is 18.0 Å². The number of likely N-dealkylation sites (N-methyl/N-ethyl adjacent to an activating group) is 2. The molecule has 2 aromatic heterocycles. The monoisotopic (exact) mass is 618 g/mol. The zero-order chi connectivity index (χ0) is 30.4. The highest BCUT2D eigenvalue weighted by atomic mass is 35.5. The van der Waals surface area contributed by atoms with Crippen LogP contribution in [0.25, 0.3) is 0 Å². The number of alkyl halides is 3. The van der Waals surface area contributed by atoms with Crippen molar-refractivity contribution in [3.05, 3.63) is 95.1 Å². The second kappa shape index (κ2) is 14.6. The normalized spacial score (nSPS) is 23.0. The van der Waals surface area contributed by atoms with Crippen LogP contribution in [0, 0.1) is 0 Å². The summed E-state index contributed by atoms with van der Waals surface area (Å²) in [6, 6.07) is 11.1. The first-order valence-electron chi connectivity index (χ1n) is 14.5. The number of amides is 1. The van der Waals surface area contributed by atoms with Gasteiger partial charge in [-0.1, -0.05) is 6.92 Å². The van der Waals surface area contributed by atoms with Crippen LogP contribution in [0.3, 0.4) is 0 Å². The lowest BCUT2D eigenvalue weighted by atomic mass is 9.82. The Bertz CT molecular complexity index is 1330. The van der Waals surface area contributed by atoms with Crippen LogP contribution in [0.1, 0.15) is 65.2 Å². The Morgan fingerprint density at radius 2 is 1.47 bits per heavy atom. The Balaban J connectivity index is 0.000000283. The number of hydrogen-bond donors (Lipinski definition) is 2. The number of pyridine rings is 2. The molecule has 2 unspecified atom stereocenters. The lowest BCUT2D eigenvalue weighted by Gasteiger charge is -2.42. The predicted molar refractivity (Wildman–Crippen MR) is 165 cm³/mol. The van der Waals surface area contributed by atoms with E-state index in [-0.39, 0.29) is 29.4 Å². The number of piperidine rings is 2. The summed E-state index contributed by atoms with van der Waals surface area (Å²) in [7, 11) is 4.12. The smallest absolute Gasteiger partial charge is 0.341 e. The quantitative estimate of drug-likeness (QED) is 0.398. The Morgan fingerprint density at radius 1 is 0.907 bits per heavy atom. The maximum Gasteiger partial charge on any atom is 0.416 e. The van der Waals surface area contributed by atoms with Crippen molar-refractivity contribution in [1.82, 2.24) is 25.1 Å². The first kappa shape index (κ1) is 34.4. The van der Waals surface area contributed by atoms with Crippen LogP contribution in [0.4, 0.5) is 13.2 Å². The fraction of sp³-hybridized carbons (Fsp3) is 0.469. The summed E-state index contributed by atoms with van der Waals surface area (Å²) in [6.07, 6.45) is 6.84. The van der Waals surface area contributed by atoms with Gasteiger partial charge >= 0.3 is 6.18 Å². The number of nitrogens with zero attached hydrogens (tertiary/aromatic N) is 4. The number of hydrogen-bond acceptors (Lipinski definition) is 6. The van der Waals surface area contributed by atoms with Gasteiger partial charge in [-0.15, -0.1) is 12.4 Å². The van der Waals surface area contributed by atoms with E-state index in [4.69, 9.17) is 5.73 Å². The predicted octanol–water partition coefficient (Wildman–Crippen LogP) is 5.40. The minimum absolute atomic E-state index is 0. The number of halogens is 4. The number of carbonyl (C=O) groups is 1. The van der Waals surface area contributed by atoms with E-state index in [0.29, 0.717) is 18.5 Å². The zero-order valence-corrected chi connectivity index (χ0v) is 25.8. The Labute approximate surface area is 258 Å². The summed E-state index contributed by atoms with van der Waals surface area (Å²) in [4.78, 5) is 25.6. The average Bonchev–Trinajstić information content (AvgIpc) is 2.97. The fourth-order valence-corrected chi connectivity index (χ4v) is 6.14. The standard InChI is InChI=1S/C21H24F3N3O.C11H17N3.ClH/c1-3-15-13-17(21(22,23)24)5-6-18(15)19(28)26-20(9-4-12-27(2)14-20)16-7-10-25-11-8-16;1-14-8-2-5-11(12,9-14)10-3-6-13-7-4-10;/h5-8,10-11,13H,3-4,9,12,14H2,1-2H3,(H,26,28);3-4,6-7H,2,5,8-9,12H2,1H3;1H. The molecule has 11 heteroatoms. The Hall–Kier alpha value is -3.05. The number of nitrogens with one attached hydrogen (secondary N) is 1. The van der Waals surface area contributed by atoms with E-state index in [1.54, 1.807) is 19.3 Å². The zero-order valence-electron chi connectivity index (χ0n) is 25.0. The van der Waals surface area contributed by atoms with E-state index < -0.39 is 17.3 Å². The summed E-state index contributed by atoms with van der Waals surface area (Å²) >= 11 is 0. The van der Waals surface area contributed by atoms with Gasteiger partial charge in [0.1, 0.15) is 0 Å². The summed E-state index contributed by atoms with van der Waals surface area (Å²) in [5.41, 5.74) is 7.74. The van der Waals surface area contributed by atoms with E-state index in [9.17, 15) is 18.0 Å². The second-order valence-electron chi connectivity index (χ2n) is 11.6. The van der Waals surface area contributed by atoms with Crippen LogP contribution in [0.5, 0.6) is 0 Å². The number of rotatable bonds is 5. The number of benzene rings is 1. The molecule has 1 amide bonds. The highest BCUT2D eigenvalue weighted by molar-refractivity contribution is 5.96. The Morgan fingerprint density at radius 3 is 2.00 bits per heavy atom. The highest BCUT2D eigenvalue weighted by Crippen LogP contribution is 2.33. The van der Waals surface area contributed by atoms with Gasteiger partial charge in [0.15, 0.2) is 0 Å². The number of aryl methyl sites for hydroxylation is 1. The first-order chi connectivity index (χ1) is 20.0. The molecule has 0 aliphatic carbocycles. The molecular weight excluding hydrogens is 577 g/mol. The minimum Gasteiger partial charge on any atom is -0.341 e. The van der Waals surface area contributed by atoms with Crippen LogP contribution in [0.2, 0.25) is 0 Å². The average molecular weight is 619 g/mol. The maximum absolute atomic E-state index is 13.1. The summed E-state index contributed by atoms with van der Waals surface area (Å²) in [5.74, 6) is -0.349. The number of carbonyl (C=O) groups excluding carboxylic acids is 1. The molecule has 0 radical (unpaired) electrons. The van der Waals surface area contributed by atoms with Gasteiger partial charge in [0.05, 0.1) is 16.6 Å². The molecule has 1 aromatic carbocycles. The summed E-state index contributed by atoms with van der Waals surface area (Å²) in [6.45, 7) is 5.41. The molecule has 2 fully saturated rings. The third kappa shape index (κ3) is 8.53. The fourth-order valence-electron chi connectivity index (χ4n) is 6.14. The molecule has 3 aromatic rings. The molecular formula is C32H42ClF3N6O. The van der Waals surface area contributed by atoms with Crippen molar-refractivity contribution in [3.8, 4) is 0 Å². The number of aromatic nitrogens is 2. The molecule has 2 aliphatic heterocycles. The van der Waals surface area contributed by atoms with E-state index in [2.05, 4.69) is 32.1 Å². The molecule has 2 atom stereocenters. The van der Waals surface area contributed by atoms with Crippen LogP contribution in [-0.4, -0.2) is 65.9 Å². The van der Waals surface area contributed by atoms with Gasteiger partial charge in [0, 0.05) is 43.4 Å². The van der Waals surface area contributed by atoms with Crippen molar-refractivity contribution >= 4 is 18.3 Å². The van der Waals surface area contributed by atoms with Crippen molar-refractivity contribution in [1.29, 1.82) is 0 Å². The van der Waals surface area contributed by atoms with E-state index in [0.717, 1.165) is 56.6 Å². The van der Waals surface area contributed by atoms with Gasteiger partial charge in [-0.05, 0) is 118 Å². The van der Waals surface area contributed by atoms with Crippen LogP contribution in [-0.2, 0) is 23.7 Å². The molecule has 4 heterocycles. The van der Waals surface area contributed by atoms with Gasteiger partial charge in [0.25, 0.3) is 5.91 Å². The minimum atomic E-state index is -4.43. The van der Waals surface area contributed by atoms with Crippen LogP contribution < -0.4 is 11.1 Å². The lowest BCUT2D eigenvalue weighted by Crippen LogP contribution is -2.55. The largest absolute Gasteiger partial charge is 0.416 e. The molecule has 3 N–H and O–H groups in total. The lowest BCUT2D eigenvalue weighted by molar-refractivity contribution is -0.137. The van der Waals surface area contributed by atoms with Crippen molar-refractivity contribution in [3.63, 3.8) is 0 Å². The van der Waals surface area contributed by atoms with Crippen molar-refractivity contribution in [2.75, 3.05) is 40.3 Å². The van der Waals surface area contributed by atoms with Crippen LogP contribution in [0.15, 0.2) is 67.3 Å². The third-order valence-corrected chi connectivity index (χ3v) is 8.30. The van der Waals surface area contributed by atoms with Crippen molar-refractivity contribution in [2.45, 2.75) is 56.3 Å². The number of nitrogens with two attached hydrogens (primary N) is 1. The van der Waals surface area contributed by atoms with Crippen LogP contribution >= 0.6 is 12.4 Å². The highest BCUT2D eigenvalue weighted by Gasteiger charge is 2.38. The summed E-state index contributed by atoms with van der Waals surface area (Å²) < 4.78 is 39.1. The molecule has 234 valence electrons. The van der Waals surface area contributed by atoms with Gasteiger partial charge in [-0.3, -0.25) is 14.8 Å². The molecule has 5 rings (SSSR count). The van der Waals surface area contributed by atoms with Gasteiger partial charge in [0.2, 0.25) is 0 Å². The van der Waals surface area contributed by atoms with Gasteiger partial charge in [-0.2, -0.15) is 13.2 Å². The molecule has 7 nitrogen and oxygen atoms in total. The number of likely N-dealkylation sites (tertiary alicyclic amines) is 2. The first-order valence-corrected chi connectivity index (χ1v) is 14.5. The summed E-state index contributed by atoms with van der Waals surface area (Å²) in [5, 5.41) is 3.14. The molecule has 2 aliphatic rings. The van der Waals surface area contributed by atoms with E-state index in [1.807, 2.05) is 43.7 Å². The third-order valence-electron chi connectivity index (χ3n) is 8.30. The molecule has 0 bridgehead atoms. The molecule has 0 saturated carbocycles. The van der Waals surface area contributed by atoms with Gasteiger partial charge < -0.3 is 20.9 Å². The topological polar surface area (TPSA) is 87.4 Å². The SMILES string of the molecule is CCc1cc(C(F)(F)F)ccc1C(=O)NC1(c2ccncc2)CCCN(C)C1.CN1CCCC(N)(c2ccncc2)C1.Cl. The molecule has 2 saturated heterocycles.